The molecule has 0 atom stereocenters. The Morgan fingerprint density at radius 1 is 1.05 bits per heavy atom. The van der Waals surface area contributed by atoms with Crippen LogP contribution in [0.15, 0.2) is 65.8 Å². The summed E-state index contributed by atoms with van der Waals surface area (Å²) in [5.74, 6) is -3.11. The number of benzene rings is 2. The van der Waals surface area contributed by atoms with Crippen molar-refractivity contribution in [2.75, 3.05) is 5.73 Å². The molecule has 0 saturated carbocycles. The number of aromatic nitrogens is 7. The lowest BCUT2D eigenvalue weighted by Crippen LogP contribution is -2.28. The van der Waals surface area contributed by atoms with Crippen molar-refractivity contribution in [3.8, 4) is 22.7 Å². The van der Waals surface area contributed by atoms with E-state index in [4.69, 9.17) is 5.73 Å². The van der Waals surface area contributed by atoms with Crippen LogP contribution in [0.5, 0.6) is 5.75 Å². The lowest BCUT2D eigenvalue weighted by molar-refractivity contribution is 0.407. The molecule has 0 aliphatic rings. The topological polar surface area (TPSA) is 129 Å². The van der Waals surface area contributed by atoms with E-state index in [1.165, 1.54) is 20.1 Å². The molecule has 6 rings (SSSR count). The highest BCUT2D eigenvalue weighted by Crippen LogP contribution is 2.34. The minimum absolute atomic E-state index is 0.0279. The fraction of sp³-hybridized carbons (Fsp3) is 0.0800. The molecular formula is C25H18F2N8O2. The molecule has 0 spiro atoms. The first-order chi connectivity index (χ1) is 17.8. The number of nitrogens with zero attached hydrogens (tertiary/aromatic N) is 7. The number of aryl methyl sites for hydroxylation is 1. The Labute approximate surface area is 206 Å². The summed E-state index contributed by atoms with van der Waals surface area (Å²) in [6, 6.07) is 12.8. The van der Waals surface area contributed by atoms with Crippen molar-refractivity contribution in [2.45, 2.75) is 13.5 Å². The van der Waals surface area contributed by atoms with Crippen molar-refractivity contribution in [1.82, 2.24) is 33.9 Å². The Hall–Kier alpha value is -5.13. The molecule has 4 aromatic heterocycles. The van der Waals surface area contributed by atoms with Gasteiger partial charge in [0.15, 0.2) is 28.9 Å². The number of nitrogen functional groups attached to an aromatic ring is 1. The van der Waals surface area contributed by atoms with Crippen LogP contribution in [-0.4, -0.2) is 39.0 Å². The molecule has 6 aromatic rings. The van der Waals surface area contributed by atoms with Gasteiger partial charge in [0.25, 0.3) is 5.56 Å². The van der Waals surface area contributed by atoms with Gasteiger partial charge in [0.2, 0.25) is 0 Å². The normalized spacial score (nSPS) is 11.5. The van der Waals surface area contributed by atoms with E-state index in [1.54, 1.807) is 24.4 Å². The van der Waals surface area contributed by atoms with Gasteiger partial charge in [-0.2, -0.15) is 14.6 Å². The van der Waals surface area contributed by atoms with Gasteiger partial charge in [0.1, 0.15) is 29.9 Å². The van der Waals surface area contributed by atoms with E-state index in [0.29, 0.717) is 17.0 Å². The van der Waals surface area contributed by atoms with Gasteiger partial charge in [-0.3, -0.25) is 9.36 Å². The molecule has 3 N–H and O–H groups in total. The first-order valence-corrected chi connectivity index (χ1v) is 11.1. The monoisotopic (exact) mass is 500 g/mol. The van der Waals surface area contributed by atoms with E-state index in [9.17, 15) is 18.7 Å². The third kappa shape index (κ3) is 3.49. The fourth-order valence-electron chi connectivity index (χ4n) is 4.39. The SMILES string of the molecule is Cc1ccn2nc(Cn3nc(-c4cc(O)c(F)c(F)c4)c4c(N)ncnc43)n(-c3ccccc3)c(=O)c12. The highest BCUT2D eigenvalue weighted by molar-refractivity contribution is 5.98. The van der Waals surface area contributed by atoms with Gasteiger partial charge < -0.3 is 10.8 Å². The fourth-order valence-corrected chi connectivity index (χ4v) is 4.39. The highest BCUT2D eigenvalue weighted by Gasteiger charge is 2.22. The average Bonchev–Trinajstić information content (AvgIpc) is 3.44. The van der Waals surface area contributed by atoms with Gasteiger partial charge in [0, 0.05) is 11.8 Å². The largest absolute Gasteiger partial charge is 0.505 e. The highest BCUT2D eigenvalue weighted by atomic mass is 19.2. The van der Waals surface area contributed by atoms with Crippen LogP contribution in [0.4, 0.5) is 14.6 Å². The summed E-state index contributed by atoms with van der Waals surface area (Å²) in [5, 5.41) is 19.4. The average molecular weight is 500 g/mol. The molecule has 2 aromatic carbocycles. The number of aromatic hydroxyl groups is 1. The van der Waals surface area contributed by atoms with Crippen LogP contribution >= 0.6 is 0 Å². The van der Waals surface area contributed by atoms with Gasteiger partial charge in [-0.25, -0.2) is 23.6 Å². The zero-order chi connectivity index (χ0) is 25.8. The molecule has 0 fully saturated rings. The van der Waals surface area contributed by atoms with E-state index in [0.717, 1.165) is 17.7 Å². The van der Waals surface area contributed by atoms with Crippen molar-refractivity contribution in [2.24, 2.45) is 0 Å². The number of phenols is 1. The Morgan fingerprint density at radius 3 is 2.59 bits per heavy atom. The van der Waals surface area contributed by atoms with Crippen LogP contribution in [0, 0.1) is 18.6 Å². The molecule has 0 aliphatic heterocycles. The summed E-state index contributed by atoms with van der Waals surface area (Å²) < 4.78 is 32.3. The second-order valence-electron chi connectivity index (χ2n) is 8.44. The number of nitrogens with two attached hydrogens (primary N) is 1. The first-order valence-electron chi connectivity index (χ1n) is 11.1. The van der Waals surface area contributed by atoms with Gasteiger partial charge in [-0.1, -0.05) is 18.2 Å². The maximum absolute atomic E-state index is 14.1. The number of hydrogen-bond acceptors (Lipinski definition) is 7. The van der Waals surface area contributed by atoms with Crippen LogP contribution in [-0.2, 0) is 6.54 Å². The zero-order valence-corrected chi connectivity index (χ0v) is 19.3. The van der Waals surface area contributed by atoms with Gasteiger partial charge in [0.05, 0.1) is 11.1 Å². The second kappa shape index (κ2) is 8.22. The standard InChI is InChI=1S/C25H18F2N8O2/c1-13-7-8-33-22(13)25(37)35(15-5-3-2-4-6-15)18(31-33)11-34-24-19(23(28)29-12-30-24)21(32-34)14-9-16(26)20(27)17(36)10-14/h2-10,12,36H,11H2,1H3,(H2,28,29,30). The zero-order valence-electron chi connectivity index (χ0n) is 19.3. The van der Waals surface area contributed by atoms with Gasteiger partial charge in [-0.05, 0) is 42.8 Å². The van der Waals surface area contributed by atoms with E-state index in [1.807, 2.05) is 25.1 Å². The molecule has 184 valence electrons. The predicted octanol–water partition coefficient (Wildman–Crippen LogP) is 3.21. The molecule has 4 heterocycles. The van der Waals surface area contributed by atoms with Crippen LogP contribution in [0.2, 0.25) is 0 Å². The molecule has 10 nitrogen and oxygen atoms in total. The number of hydrogen-bond donors (Lipinski definition) is 2. The summed E-state index contributed by atoms with van der Waals surface area (Å²) in [7, 11) is 0. The molecule has 0 radical (unpaired) electrons. The van der Waals surface area contributed by atoms with Crippen LogP contribution in [0.1, 0.15) is 11.4 Å². The van der Waals surface area contributed by atoms with E-state index in [-0.39, 0.29) is 40.2 Å². The van der Waals surface area contributed by atoms with Crippen molar-refractivity contribution < 1.29 is 13.9 Å². The molecule has 0 amide bonds. The van der Waals surface area contributed by atoms with Gasteiger partial charge >= 0.3 is 0 Å². The minimum atomic E-state index is -1.37. The molecule has 12 heteroatoms. The number of fused-ring (bicyclic) bond motifs is 2. The quantitative estimate of drug-likeness (QED) is 0.380. The molecule has 0 aliphatic carbocycles. The molecule has 0 saturated heterocycles. The molecule has 37 heavy (non-hydrogen) atoms. The van der Waals surface area contributed by atoms with E-state index >= 15 is 0 Å². The number of para-hydroxylation sites is 1. The smallest absolute Gasteiger partial charge is 0.282 e. The van der Waals surface area contributed by atoms with E-state index < -0.39 is 17.4 Å². The van der Waals surface area contributed by atoms with Crippen LogP contribution in [0.3, 0.4) is 0 Å². The van der Waals surface area contributed by atoms with Gasteiger partial charge in [-0.15, -0.1) is 0 Å². The summed E-state index contributed by atoms with van der Waals surface area (Å²) in [6.07, 6.45) is 2.94. The third-order valence-electron chi connectivity index (χ3n) is 6.10. The van der Waals surface area contributed by atoms with Crippen molar-refractivity contribution in [1.29, 1.82) is 0 Å². The second-order valence-corrected chi connectivity index (χ2v) is 8.44. The molecular weight excluding hydrogens is 482 g/mol. The summed E-state index contributed by atoms with van der Waals surface area (Å²) in [6.45, 7) is 1.80. The van der Waals surface area contributed by atoms with Crippen LogP contribution < -0.4 is 11.3 Å². The number of halogens is 2. The minimum Gasteiger partial charge on any atom is -0.505 e. The Balaban J connectivity index is 1.60. The lowest BCUT2D eigenvalue weighted by atomic mass is 10.1. The molecule has 0 unspecified atom stereocenters. The predicted molar refractivity (Wildman–Crippen MR) is 131 cm³/mol. The van der Waals surface area contributed by atoms with Crippen molar-refractivity contribution in [3.63, 3.8) is 0 Å². The third-order valence-corrected chi connectivity index (χ3v) is 6.10. The Bertz CT molecular complexity index is 1870. The summed E-state index contributed by atoms with van der Waals surface area (Å²) in [4.78, 5) is 21.9. The maximum atomic E-state index is 14.1. The molecule has 0 bridgehead atoms. The number of anilines is 1. The summed E-state index contributed by atoms with van der Waals surface area (Å²) in [5.41, 5.74) is 8.16. The van der Waals surface area contributed by atoms with Crippen molar-refractivity contribution >= 4 is 22.4 Å². The maximum Gasteiger partial charge on any atom is 0.282 e. The Morgan fingerprint density at radius 2 is 1.84 bits per heavy atom. The van der Waals surface area contributed by atoms with E-state index in [2.05, 4.69) is 20.2 Å². The first kappa shape index (κ1) is 22.3. The number of phenolic OH excluding ortho intramolecular Hbond substituents is 1. The Kier molecular flexibility index (Phi) is 4.97. The number of rotatable bonds is 4. The van der Waals surface area contributed by atoms with Crippen LogP contribution in [0.25, 0.3) is 33.5 Å². The summed E-state index contributed by atoms with van der Waals surface area (Å²) >= 11 is 0. The van der Waals surface area contributed by atoms with Crippen molar-refractivity contribution in [3.05, 3.63) is 94.4 Å². The lowest BCUT2D eigenvalue weighted by Gasteiger charge is -2.13.